The van der Waals surface area contributed by atoms with Gasteiger partial charge in [0.05, 0.1) is 12.7 Å². The van der Waals surface area contributed by atoms with Crippen molar-refractivity contribution in [1.82, 2.24) is 0 Å². The molecule has 0 unspecified atom stereocenters. The van der Waals surface area contributed by atoms with E-state index in [1.165, 1.54) is 11.1 Å². The van der Waals surface area contributed by atoms with E-state index in [0.717, 1.165) is 22.4 Å². The number of ether oxygens (including phenoxy) is 2. The molecule has 0 aliphatic heterocycles. The molecular weight excluding hydrogens is 308 g/mol. The van der Waals surface area contributed by atoms with Crippen molar-refractivity contribution in [3.63, 3.8) is 0 Å². The third-order valence-electron chi connectivity index (χ3n) is 4.17. The number of hydrogen-bond acceptors (Lipinski definition) is 2. The van der Waals surface area contributed by atoms with Gasteiger partial charge in [0.2, 0.25) is 0 Å². The fraction of sp³-hybridized carbons (Fsp3) is 0.130. The summed E-state index contributed by atoms with van der Waals surface area (Å²) in [6.45, 7) is 4.20. The van der Waals surface area contributed by atoms with Gasteiger partial charge in [-0.3, -0.25) is 0 Å². The van der Waals surface area contributed by atoms with Gasteiger partial charge in [0.15, 0.2) is 0 Å². The number of benzene rings is 3. The highest BCUT2D eigenvalue weighted by molar-refractivity contribution is 5.83. The first-order valence-corrected chi connectivity index (χ1v) is 8.34. The highest BCUT2D eigenvalue weighted by Gasteiger charge is 2.18. The zero-order valence-corrected chi connectivity index (χ0v) is 14.8. The molecule has 3 rings (SSSR count). The molecule has 126 valence electrons. The second-order valence-corrected chi connectivity index (χ2v) is 5.91. The Morgan fingerprint density at radius 1 is 0.640 bits per heavy atom. The van der Waals surface area contributed by atoms with Crippen LogP contribution in [0.2, 0.25) is 0 Å². The summed E-state index contributed by atoms with van der Waals surface area (Å²) in [6.07, 6.45) is 0. The van der Waals surface area contributed by atoms with Crippen LogP contribution in [0.4, 0.5) is 0 Å². The molecule has 3 aromatic rings. The van der Waals surface area contributed by atoms with Gasteiger partial charge in [-0.15, -0.1) is 0 Å². The maximum Gasteiger partial charge on any atom is 0.293 e. The van der Waals surface area contributed by atoms with Gasteiger partial charge in [0.1, 0.15) is 5.75 Å². The Morgan fingerprint density at radius 3 is 1.60 bits per heavy atom. The Morgan fingerprint density at radius 2 is 1.12 bits per heavy atom. The average molecular weight is 330 g/mol. The van der Waals surface area contributed by atoms with E-state index in [1.54, 1.807) is 7.11 Å². The first kappa shape index (κ1) is 16.8. The molecule has 0 aliphatic carbocycles. The fourth-order valence-electron chi connectivity index (χ4n) is 2.86. The number of aryl methyl sites for hydroxylation is 2. The van der Waals surface area contributed by atoms with Crippen molar-refractivity contribution < 1.29 is 9.47 Å². The molecule has 2 heteroatoms. The van der Waals surface area contributed by atoms with Gasteiger partial charge in [0, 0.05) is 0 Å². The van der Waals surface area contributed by atoms with Crippen molar-refractivity contribution >= 4 is 5.57 Å². The average Bonchev–Trinajstić information content (AvgIpc) is 2.65. The summed E-state index contributed by atoms with van der Waals surface area (Å²) in [5.74, 6) is 1.24. The van der Waals surface area contributed by atoms with Crippen LogP contribution in [0.15, 0.2) is 84.8 Å². The van der Waals surface area contributed by atoms with Crippen molar-refractivity contribution in [2.75, 3.05) is 7.11 Å². The SMILES string of the molecule is COC(Oc1ccccc1)=C(c1ccccc1C)c1ccccc1C. The molecule has 0 heterocycles. The monoisotopic (exact) mass is 330 g/mol. The van der Waals surface area contributed by atoms with Crippen LogP contribution in [0.3, 0.4) is 0 Å². The zero-order chi connectivity index (χ0) is 17.6. The quantitative estimate of drug-likeness (QED) is 0.555. The molecule has 0 aromatic heterocycles. The maximum absolute atomic E-state index is 6.10. The number of hydrogen-bond donors (Lipinski definition) is 0. The summed E-state index contributed by atoms with van der Waals surface area (Å²) in [7, 11) is 1.65. The summed E-state index contributed by atoms with van der Waals surface area (Å²) < 4.78 is 11.8. The lowest BCUT2D eigenvalue weighted by atomic mass is 9.92. The number of rotatable bonds is 5. The predicted octanol–water partition coefficient (Wildman–Crippen LogP) is 5.75. The minimum atomic E-state index is 0.495. The van der Waals surface area contributed by atoms with E-state index in [1.807, 2.05) is 54.6 Å². The molecule has 0 amide bonds. The second kappa shape index (κ2) is 7.71. The van der Waals surface area contributed by atoms with Crippen LogP contribution in [-0.2, 0) is 4.74 Å². The molecule has 0 aliphatic rings. The van der Waals surface area contributed by atoms with Gasteiger partial charge < -0.3 is 9.47 Å². The van der Waals surface area contributed by atoms with Gasteiger partial charge >= 0.3 is 0 Å². The Labute approximate surface area is 149 Å². The lowest BCUT2D eigenvalue weighted by Crippen LogP contribution is -2.06. The molecule has 0 N–H and O–H groups in total. The van der Waals surface area contributed by atoms with Crippen LogP contribution in [0.5, 0.6) is 5.75 Å². The van der Waals surface area contributed by atoms with Gasteiger partial charge in [-0.2, -0.15) is 0 Å². The normalized spacial score (nSPS) is 10.2. The van der Waals surface area contributed by atoms with E-state index in [4.69, 9.17) is 9.47 Å². The van der Waals surface area contributed by atoms with E-state index in [-0.39, 0.29) is 0 Å². The van der Waals surface area contributed by atoms with Crippen LogP contribution >= 0.6 is 0 Å². The Kier molecular flexibility index (Phi) is 5.20. The van der Waals surface area contributed by atoms with Crippen molar-refractivity contribution in [3.8, 4) is 5.75 Å². The van der Waals surface area contributed by atoms with Gasteiger partial charge in [-0.1, -0.05) is 66.7 Å². The topological polar surface area (TPSA) is 18.5 Å². The Balaban J connectivity index is 2.22. The van der Waals surface area contributed by atoms with Crippen molar-refractivity contribution in [1.29, 1.82) is 0 Å². The van der Waals surface area contributed by atoms with Crippen molar-refractivity contribution in [3.05, 3.63) is 107 Å². The highest BCUT2D eigenvalue weighted by Crippen LogP contribution is 2.32. The molecule has 0 spiro atoms. The summed E-state index contributed by atoms with van der Waals surface area (Å²) >= 11 is 0. The highest BCUT2D eigenvalue weighted by atomic mass is 16.7. The molecular formula is C23H22O2. The largest absolute Gasteiger partial charge is 0.468 e. The Hall–Kier alpha value is -3.00. The molecule has 0 saturated carbocycles. The van der Waals surface area contributed by atoms with Crippen molar-refractivity contribution in [2.45, 2.75) is 13.8 Å². The molecule has 2 nitrogen and oxygen atoms in total. The molecule has 0 bridgehead atoms. The third kappa shape index (κ3) is 3.74. The fourth-order valence-corrected chi connectivity index (χ4v) is 2.86. The first-order valence-electron chi connectivity index (χ1n) is 8.34. The van der Waals surface area contributed by atoms with E-state index in [0.29, 0.717) is 5.95 Å². The van der Waals surface area contributed by atoms with E-state index < -0.39 is 0 Å². The smallest absolute Gasteiger partial charge is 0.293 e. The zero-order valence-electron chi connectivity index (χ0n) is 14.8. The summed E-state index contributed by atoms with van der Waals surface area (Å²) in [5, 5.41) is 0. The van der Waals surface area contributed by atoms with Crippen LogP contribution in [-0.4, -0.2) is 7.11 Å². The minimum Gasteiger partial charge on any atom is -0.468 e. The first-order chi connectivity index (χ1) is 12.2. The summed E-state index contributed by atoms with van der Waals surface area (Å²) in [5.41, 5.74) is 5.51. The molecule has 25 heavy (non-hydrogen) atoms. The molecule has 3 aromatic carbocycles. The van der Waals surface area contributed by atoms with Gasteiger partial charge in [-0.25, -0.2) is 0 Å². The summed E-state index contributed by atoms with van der Waals surface area (Å²) in [4.78, 5) is 0. The van der Waals surface area contributed by atoms with E-state index in [2.05, 4.69) is 38.1 Å². The second-order valence-electron chi connectivity index (χ2n) is 5.91. The summed E-state index contributed by atoms with van der Waals surface area (Å²) in [6, 6.07) is 26.3. The van der Waals surface area contributed by atoms with Gasteiger partial charge in [-0.05, 0) is 48.2 Å². The van der Waals surface area contributed by atoms with E-state index >= 15 is 0 Å². The van der Waals surface area contributed by atoms with Crippen LogP contribution in [0.25, 0.3) is 5.57 Å². The van der Waals surface area contributed by atoms with Crippen LogP contribution in [0.1, 0.15) is 22.3 Å². The van der Waals surface area contributed by atoms with Gasteiger partial charge in [0.25, 0.3) is 5.95 Å². The van der Waals surface area contributed by atoms with Crippen molar-refractivity contribution in [2.24, 2.45) is 0 Å². The van der Waals surface area contributed by atoms with Crippen LogP contribution in [0, 0.1) is 13.8 Å². The third-order valence-corrected chi connectivity index (χ3v) is 4.17. The molecule has 0 fully saturated rings. The van der Waals surface area contributed by atoms with E-state index in [9.17, 15) is 0 Å². The van der Waals surface area contributed by atoms with Crippen LogP contribution < -0.4 is 4.74 Å². The molecule has 0 atom stereocenters. The standard InChI is InChI=1S/C23H22O2/c1-17-11-7-9-15-20(17)22(21-16-10-8-12-18(21)2)23(24-3)25-19-13-5-4-6-14-19/h4-16H,1-3H3. The maximum atomic E-state index is 6.10. The number of para-hydroxylation sites is 1. The lowest BCUT2D eigenvalue weighted by Gasteiger charge is -2.18. The Bertz CT molecular complexity index is 832. The lowest BCUT2D eigenvalue weighted by molar-refractivity contribution is 0.154. The molecule has 0 radical (unpaired) electrons. The predicted molar refractivity (Wildman–Crippen MR) is 102 cm³/mol. The molecule has 0 saturated heterocycles. The minimum absolute atomic E-state index is 0.495. The number of methoxy groups -OCH3 is 1.